The number of ether oxygens (including phenoxy) is 1. The van der Waals surface area contributed by atoms with Gasteiger partial charge in [0.05, 0.1) is 12.3 Å². The van der Waals surface area contributed by atoms with E-state index in [2.05, 4.69) is 10.6 Å². The maximum absolute atomic E-state index is 13.2. The first-order valence-corrected chi connectivity index (χ1v) is 9.48. The van der Waals surface area contributed by atoms with Crippen LogP contribution in [0.4, 0.5) is 5.69 Å². The summed E-state index contributed by atoms with van der Waals surface area (Å²) < 4.78 is 4.90. The van der Waals surface area contributed by atoms with Crippen LogP contribution in [-0.4, -0.2) is 45.0 Å². The molecule has 1 heterocycles. The number of fused-ring (bicyclic) bond motifs is 3. The Kier molecular flexibility index (Phi) is 6.29. The summed E-state index contributed by atoms with van der Waals surface area (Å²) in [6.45, 7) is 2.19. The topological polar surface area (TPSA) is 87.7 Å². The van der Waals surface area contributed by atoms with Crippen molar-refractivity contribution in [3.8, 4) is 11.1 Å². The summed E-state index contributed by atoms with van der Waals surface area (Å²) in [6, 6.07) is 14.2. The summed E-state index contributed by atoms with van der Waals surface area (Å²) in [5, 5.41) is 5.43. The van der Waals surface area contributed by atoms with Crippen LogP contribution in [0.15, 0.2) is 48.5 Å². The van der Waals surface area contributed by atoms with Gasteiger partial charge in [-0.2, -0.15) is 0 Å². The first-order chi connectivity index (χ1) is 14.0. The lowest BCUT2D eigenvalue weighted by Gasteiger charge is -2.24. The van der Waals surface area contributed by atoms with Gasteiger partial charge in [-0.25, -0.2) is 0 Å². The third kappa shape index (κ3) is 4.14. The molecule has 1 aliphatic heterocycles. The van der Waals surface area contributed by atoms with Crippen LogP contribution in [0.25, 0.3) is 11.1 Å². The summed E-state index contributed by atoms with van der Waals surface area (Å²) in [5.41, 5.74) is 3.27. The lowest BCUT2D eigenvalue weighted by atomic mass is 9.95. The summed E-state index contributed by atoms with van der Waals surface area (Å²) in [6.07, 6.45) is 0. The molecular formula is C22H25N3O4. The molecular weight excluding hydrogens is 370 g/mol. The molecule has 0 saturated heterocycles. The van der Waals surface area contributed by atoms with E-state index in [9.17, 15) is 14.4 Å². The Morgan fingerprint density at radius 2 is 1.72 bits per heavy atom. The molecule has 0 aromatic heterocycles. The number of carbonyl (C=O) groups excluding carboxylic acids is 3. The van der Waals surface area contributed by atoms with Crippen molar-refractivity contribution in [1.29, 1.82) is 0 Å². The summed E-state index contributed by atoms with van der Waals surface area (Å²) >= 11 is 0. The second kappa shape index (κ2) is 8.87. The van der Waals surface area contributed by atoms with E-state index in [1.54, 1.807) is 11.9 Å². The van der Waals surface area contributed by atoms with Crippen LogP contribution < -0.4 is 15.5 Å². The third-order valence-electron chi connectivity index (χ3n) is 5.08. The molecule has 2 N–H and O–H groups in total. The maximum Gasteiger partial charge on any atom is 0.253 e. The SMILES string of the molecule is COCCNC(=O)C(C)C(=O)NC1C(=O)N(C)c2ccccc2-c2ccccc21. The van der Waals surface area contributed by atoms with Crippen molar-refractivity contribution in [1.82, 2.24) is 10.6 Å². The average Bonchev–Trinajstić information content (AvgIpc) is 2.83. The van der Waals surface area contributed by atoms with Gasteiger partial charge < -0.3 is 20.3 Å². The van der Waals surface area contributed by atoms with Gasteiger partial charge in [-0.05, 0) is 24.1 Å². The van der Waals surface area contributed by atoms with E-state index in [0.29, 0.717) is 18.7 Å². The highest BCUT2D eigenvalue weighted by Gasteiger charge is 2.34. The van der Waals surface area contributed by atoms with Crippen LogP contribution in [0.3, 0.4) is 0 Å². The van der Waals surface area contributed by atoms with Crippen LogP contribution >= 0.6 is 0 Å². The van der Waals surface area contributed by atoms with Gasteiger partial charge in [0.1, 0.15) is 12.0 Å². The van der Waals surface area contributed by atoms with Crippen LogP contribution in [0, 0.1) is 5.92 Å². The number of para-hydroxylation sites is 1. The highest BCUT2D eigenvalue weighted by Crippen LogP contribution is 2.39. The van der Waals surface area contributed by atoms with Crippen molar-refractivity contribution in [3.63, 3.8) is 0 Å². The van der Waals surface area contributed by atoms with Crippen molar-refractivity contribution < 1.29 is 19.1 Å². The Bertz CT molecular complexity index is 928. The van der Waals surface area contributed by atoms with Crippen LogP contribution in [0.1, 0.15) is 18.5 Å². The highest BCUT2D eigenvalue weighted by molar-refractivity contribution is 6.07. The number of hydrogen-bond donors (Lipinski definition) is 2. The fourth-order valence-electron chi connectivity index (χ4n) is 3.39. The molecule has 0 fully saturated rings. The van der Waals surface area contributed by atoms with E-state index in [1.807, 2.05) is 48.5 Å². The van der Waals surface area contributed by atoms with E-state index >= 15 is 0 Å². The second-order valence-corrected chi connectivity index (χ2v) is 6.95. The van der Waals surface area contributed by atoms with Crippen molar-refractivity contribution in [2.24, 2.45) is 5.92 Å². The number of anilines is 1. The quantitative estimate of drug-likeness (QED) is 0.578. The molecule has 7 nitrogen and oxygen atoms in total. The molecule has 0 saturated carbocycles. The summed E-state index contributed by atoms with van der Waals surface area (Å²) in [4.78, 5) is 39.7. The zero-order valence-electron chi connectivity index (χ0n) is 16.8. The van der Waals surface area contributed by atoms with Crippen LogP contribution in [0.2, 0.25) is 0 Å². The van der Waals surface area contributed by atoms with Crippen LogP contribution in [0.5, 0.6) is 0 Å². The van der Waals surface area contributed by atoms with Crippen molar-refractivity contribution in [3.05, 3.63) is 54.1 Å². The molecule has 0 spiro atoms. The van der Waals surface area contributed by atoms with Crippen LogP contribution in [-0.2, 0) is 19.1 Å². The summed E-state index contributed by atoms with van der Waals surface area (Å²) in [7, 11) is 3.22. The molecule has 2 aromatic rings. The number of carbonyl (C=O) groups is 3. The van der Waals surface area contributed by atoms with Gasteiger partial charge in [0.15, 0.2) is 0 Å². The molecule has 2 atom stereocenters. The van der Waals surface area contributed by atoms with E-state index in [1.165, 1.54) is 14.0 Å². The Hall–Kier alpha value is -3.19. The Morgan fingerprint density at radius 1 is 1.07 bits per heavy atom. The number of nitrogens with zero attached hydrogens (tertiary/aromatic N) is 1. The number of benzene rings is 2. The third-order valence-corrected chi connectivity index (χ3v) is 5.08. The van der Waals surface area contributed by atoms with Crippen molar-refractivity contribution >= 4 is 23.4 Å². The smallest absolute Gasteiger partial charge is 0.253 e. The first-order valence-electron chi connectivity index (χ1n) is 9.48. The number of amides is 3. The number of nitrogens with one attached hydrogen (secondary N) is 2. The van der Waals surface area contributed by atoms with Gasteiger partial charge >= 0.3 is 0 Å². The normalized spacial score (nSPS) is 16.3. The molecule has 29 heavy (non-hydrogen) atoms. The molecule has 0 aliphatic carbocycles. The Morgan fingerprint density at radius 3 is 2.45 bits per heavy atom. The van der Waals surface area contributed by atoms with E-state index in [4.69, 9.17) is 4.74 Å². The summed E-state index contributed by atoms with van der Waals surface area (Å²) in [5.74, 6) is -2.12. The van der Waals surface area contributed by atoms with Gasteiger partial charge in [0, 0.05) is 26.3 Å². The molecule has 2 aromatic carbocycles. The zero-order chi connectivity index (χ0) is 21.0. The fourth-order valence-corrected chi connectivity index (χ4v) is 3.39. The van der Waals surface area contributed by atoms with E-state index in [0.717, 1.165) is 16.8 Å². The minimum Gasteiger partial charge on any atom is -0.383 e. The lowest BCUT2D eigenvalue weighted by Crippen LogP contribution is -2.46. The minimum atomic E-state index is -0.942. The molecule has 2 unspecified atom stereocenters. The zero-order valence-corrected chi connectivity index (χ0v) is 16.8. The predicted molar refractivity (Wildman–Crippen MR) is 110 cm³/mol. The molecule has 152 valence electrons. The van der Waals surface area contributed by atoms with E-state index in [-0.39, 0.29) is 5.91 Å². The minimum absolute atomic E-state index is 0.261. The average molecular weight is 395 g/mol. The predicted octanol–water partition coefficient (Wildman–Crippen LogP) is 1.89. The molecule has 0 radical (unpaired) electrons. The van der Waals surface area contributed by atoms with Gasteiger partial charge in [0.25, 0.3) is 5.91 Å². The number of hydrogen-bond acceptors (Lipinski definition) is 4. The monoisotopic (exact) mass is 395 g/mol. The van der Waals surface area contributed by atoms with Gasteiger partial charge in [-0.15, -0.1) is 0 Å². The van der Waals surface area contributed by atoms with Crippen molar-refractivity contribution in [2.75, 3.05) is 32.2 Å². The van der Waals surface area contributed by atoms with Gasteiger partial charge in [0.2, 0.25) is 11.8 Å². The fraction of sp³-hybridized carbons (Fsp3) is 0.318. The standard InChI is InChI=1S/C22H25N3O4/c1-14(20(26)23-12-13-29-3)21(27)24-19-17-10-5-4-8-15(17)16-9-6-7-11-18(16)25(2)22(19)28/h4-11,14,19H,12-13H2,1-3H3,(H,23,26)(H,24,27). The van der Waals surface area contributed by atoms with Gasteiger partial charge in [-0.1, -0.05) is 42.5 Å². The largest absolute Gasteiger partial charge is 0.383 e. The first kappa shape index (κ1) is 20.5. The molecule has 7 heteroatoms. The highest BCUT2D eigenvalue weighted by atomic mass is 16.5. The number of methoxy groups -OCH3 is 1. The van der Waals surface area contributed by atoms with E-state index < -0.39 is 23.8 Å². The number of rotatable bonds is 6. The van der Waals surface area contributed by atoms with Gasteiger partial charge in [-0.3, -0.25) is 14.4 Å². The molecule has 3 rings (SSSR count). The second-order valence-electron chi connectivity index (χ2n) is 6.95. The number of likely N-dealkylation sites (N-methyl/N-ethyl adjacent to an activating group) is 1. The lowest BCUT2D eigenvalue weighted by molar-refractivity contribution is -0.136. The molecule has 3 amide bonds. The molecule has 0 bridgehead atoms. The Balaban J connectivity index is 1.89. The molecule has 1 aliphatic rings. The van der Waals surface area contributed by atoms with Crippen molar-refractivity contribution in [2.45, 2.75) is 13.0 Å². The Labute approximate surface area is 170 Å². The maximum atomic E-state index is 13.2.